The van der Waals surface area contributed by atoms with Gasteiger partial charge in [0.05, 0.1) is 16.6 Å². The predicted octanol–water partition coefficient (Wildman–Crippen LogP) is 3.37. The fraction of sp³-hybridized carbons (Fsp3) is 0.0625. The Labute approximate surface area is 122 Å². The Hall–Kier alpha value is -3.13. The fourth-order valence-corrected chi connectivity index (χ4v) is 2.25. The van der Waals surface area contributed by atoms with E-state index in [1.807, 2.05) is 0 Å². The van der Waals surface area contributed by atoms with Crippen LogP contribution in [0.25, 0.3) is 0 Å². The molecule has 0 aliphatic heterocycles. The Balaban J connectivity index is 2.53. The Morgan fingerprint density at radius 3 is 2.48 bits per heavy atom. The highest BCUT2D eigenvalue weighted by Crippen LogP contribution is 2.33. The van der Waals surface area contributed by atoms with Gasteiger partial charge in [0.2, 0.25) is 0 Å². The van der Waals surface area contributed by atoms with Crippen LogP contribution in [-0.4, -0.2) is 4.92 Å². The molecule has 2 rings (SSSR count). The van der Waals surface area contributed by atoms with Crippen molar-refractivity contribution in [2.45, 2.75) is 5.92 Å². The maximum absolute atomic E-state index is 10.7. The molecule has 0 bridgehead atoms. The second-order valence-corrected chi connectivity index (χ2v) is 4.48. The second-order valence-electron chi connectivity index (χ2n) is 4.48. The average Bonchev–Trinajstić information content (AvgIpc) is 2.50. The molecule has 0 heterocycles. The van der Waals surface area contributed by atoms with E-state index in [-0.39, 0.29) is 11.6 Å². The first-order valence-electron chi connectivity index (χ1n) is 6.24. The van der Waals surface area contributed by atoms with E-state index in [0.717, 1.165) is 5.56 Å². The largest absolute Gasteiger partial charge is 0.398 e. The minimum atomic E-state index is -0.454. The summed E-state index contributed by atoms with van der Waals surface area (Å²) < 4.78 is 0. The molecular weight excluding hydrogens is 266 g/mol. The SMILES string of the molecule is C=CC(c1ccc([N+](=O)[O-])cc1)c1c(N)cccc1C#N. The summed E-state index contributed by atoms with van der Waals surface area (Å²) in [6.45, 7) is 3.79. The highest BCUT2D eigenvalue weighted by atomic mass is 16.6. The van der Waals surface area contributed by atoms with Crippen LogP contribution in [0.3, 0.4) is 0 Å². The molecule has 0 radical (unpaired) electrons. The summed E-state index contributed by atoms with van der Waals surface area (Å²) in [6, 6.07) is 13.4. The number of nitro groups is 1. The number of non-ortho nitro benzene ring substituents is 1. The Morgan fingerprint density at radius 2 is 1.95 bits per heavy atom. The van der Waals surface area contributed by atoms with Crippen LogP contribution < -0.4 is 5.73 Å². The van der Waals surface area contributed by atoms with E-state index >= 15 is 0 Å². The second kappa shape index (κ2) is 5.88. The van der Waals surface area contributed by atoms with Crippen LogP contribution in [0.15, 0.2) is 55.1 Å². The number of nitrogens with two attached hydrogens (primary N) is 1. The van der Waals surface area contributed by atoms with Gasteiger partial charge in [-0.1, -0.05) is 24.3 Å². The molecule has 2 aromatic rings. The summed E-state index contributed by atoms with van der Waals surface area (Å²) in [5, 5.41) is 19.9. The third-order valence-corrected chi connectivity index (χ3v) is 3.27. The van der Waals surface area contributed by atoms with Gasteiger partial charge in [-0.15, -0.1) is 6.58 Å². The lowest BCUT2D eigenvalue weighted by Gasteiger charge is -2.17. The van der Waals surface area contributed by atoms with Crippen molar-refractivity contribution in [3.8, 4) is 6.07 Å². The smallest absolute Gasteiger partial charge is 0.269 e. The van der Waals surface area contributed by atoms with Gasteiger partial charge in [0.25, 0.3) is 5.69 Å². The van der Waals surface area contributed by atoms with Gasteiger partial charge in [0, 0.05) is 29.3 Å². The summed E-state index contributed by atoms with van der Waals surface area (Å²) >= 11 is 0. The topological polar surface area (TPSA) is 92.9 Å². The Bertz CT molecular complexity index is 730. The maximum atomic E-state index is 10.7. The Kier molecular flexibility index (Phi) is 4.00. The number of nitrogens with zero attached hydrogens (tertiary/aromatic N) is 2. The quantitative estimate of drug-likeness (QED) is 0.402. The van der Waals surface area contributed by atoms with Gasteiger partial charge in [0.1, 0.15) is 0 Å². The van der Waals surface area contributed by atoms with E-state index in [9.17, 15) is 15.4 Å². The van der Waals surface area contributed by atoms with Crippen molar-refractivity contribution in [3.63, 3.8) is 0 Å². The van der Waals surface area contributed by atoms with Gasteiger partial charge in [-0.2, -0.15) is 5.26 Å². The van der Waals surface area contributed by atoms with Gasteiger partial charge in [-0.25, -0.2) is 0 Å². The number of nitro benzene ring substituents is 1. The summed E-state index contributed by atoms with van der Waals surface area (Å²) in [6.07, 6.45) is 1.67. The molecule has 21 heavy (non-hydrogen) atoms. The number of hydrogen-bond acceptors (Lipinski definition) is 4. The number of hydrogen-bond donors (Lipinski definition) is 1. The van der Waals surface area contributed by atoms with Crippen molar-refractivity contribution < 1.29 is 4.92 Å². The molecule has 0 fully saturated rings. The van der Waals surface area contributed by atoms with Crippen molar-refractivity contribution in [1.29, 1.82) is 5.26 Å². The first kappa shape index (κ1) is 14.3. The Morgan fingerprint density at radius 1 is 1.29 bits per heavy atom. The molecule has 0 aromatic heterocycles. The fourth-order valence-electron chi connectivity index (χ4n) is 2.25. The van der Waals surface area contributed by atoms with Crippen LogP contribution in [0.4, 0.5) is 11.4 Å². The molecule has 0 amide bonds. The lowest BCUT2D eigenvalue weighted by Crippen LogP contribution is -2.05. The van der Waals surface area contributed by atoms with Crippen LogP contribution in [-0.2, 0) is 0 Å². The molecule has 104 valence electrons. The first-order valence-corrected chi connectivity index (χ1v) is 6.24. The van der Waals surface area contributed by atoms with Crippen molar-refractivity contribution in [2.24, 2.45) is 0 Å². The lowest BCUT2D eigenvalue weighted by molar-refractivity contribution is -0.384. The summed E-state index contributed by atoms with van der Waals surface area (Å²) in [4.78, 5) is 10.2. The molecule has 5 nitrogen and oxygen atoms in total. The van der Waals surface area contributed by atoms with Crippen molar-refractivity contribution in [2.75, 3.05) is 5.73 Å². The molecule has 0 aliphatic rings. The van der Waals surface area contributed by atoms with Gasteiger partial charge in [0.15, 0.2) is 0 Å². The van der Waals surface area contributed by atoms with E-state index in [1.54, 1.807) is 36.4 Å². The molecular formula is C16H13N3O2. The highest BCUT2D eigenvalue weighted by molar-refractivity contribution is 5.60. The molecule has 0 saturated heterocycles. The van der Waals surface area contributed by atoms with Crippen LogP contribution in [0.1, 0.15) is 22.6 Å². The number of nitrogen functional groups attached to an aromatic ring is 1. The highest BCUT2D eigenvalue weighted by Gasteiger charge is 2.18. The predicted molar refractivity (Wildman–Crippen MR) is 80.7 cm³/mol. The van der Waals surface area contributed by atoms with Gasteiger partial charge in [-0.3, -0.25) is 10.1 Å². The minimum absolute atomic E-state index is 0.0168. The average molecular weight is 279 g/mol. The minimum Gasteiger partial charge on any atom is -0.398 e. The summed E-state index contributed by atoms with van der Waals surface area (Å²) in [5.41, 5.74) is 8.43. The van der Waals surface area contributed by atoms with Gasteiger partial charge >= 0.3 is 0 Å². The zero-order valence-electron chi connectivity index (χ0n) is 11.2. The van der Waals surface area contributed by atoms with Crippen LogP contribution in [0.5, 0.6) is 0 Å². The molecule has 2 aromatic carbocycles. The number of nitriles is 1. The molecule has 5 heteroatoms. The molecule has 2 N–H and O–H groups in total. The first-order chi connectivity index (χ1) is 10.1. The number of rotatable bonds is 4. The molecule has 1 unspecified atom stereocenters. The van der Waals surface area contributed by atoms with Crippen LogP contribution in [0, 0.1) is 21.4 Å². The summed E-state index contributed by atoms with van der Waals surface area (Å²) in [5.74, 6) is -0.290. The van der Waals surface area contributed by atoms with Crippen molar-refractivity contribution >= 4 is 11.4 Å². The number of allylic oxidation sites excluding steroid dienone is 1. The monoisotopic (exact) mass is 279 g/mol. The van der Waals surface area contributed by atoms with E-state index in [4.69, 9.17) is 5.73 Å². The third kappa shape index (κ3) is 2.74. The molecule has 1 atom stereocenters. The van der Waals surface area contributed by atoms with Gasteiger partial charge < -0.3 is 5.73 Å². The number of benzene rings is 2. The van der Waals surface area contributed by atoms with Crippen LogP contribution in [0.2, 0.25) is 0 Å². The lowest BCUT2D eigenvalue weighted by atomic mass is 9.87. The van der Waals surface area contributed by atoms with Crippen LogP contribution >= 0.6 is 0 Å². The maximum Gasteiger partial charge on any atom is 0.269 e. The zero-order valence-corrected chi connectivity index (χ0v) is 11.2. The number of anilines is 1. The molecule has 0 spiro atoms. The van der Waals surface area contributed by atoms with Crippen molar-refractivity contribution in [3.05, 3.63) is 81.9 Å². The molecule has 0 aliphatic carbocycles. The van der Waals surface area contributed by atoms with Crippen molar-refractivity contribution in [1.82, 2.24) is 0 Å². The standard InChI is InChI=1S/C16H13N3O2/c1-2-14(11-6-8-13(9-7-11)19(20)21)16-12(10-17)4-3-5-15(16)18/h2-9,14H,1,18H2. The normalized spacial score (nSPS) is 11.4. The van der Waals surface area contributed by atoms with Gasteiger partial charge in [-0.05, 0) is 17.7 Å². The summed E-state index contributed by atoms with van der Waals surface area (Å²) in [7, 11) is 0. The van der Waals surface area contributed by atoms with E-state index in [1.165, 1.54) is 12.1 Å². The van der Waals surface area contributed by atoms with E-state index in [0.29, 0.717) is 16.8 Å². The van der Waals surface area contributed by atoms with E-state index < -0.39 is 4.92 Å². The third-order valence-electron chi connectivity index (χ3n) is 3.27. The molecule has 0 saturated carbocycles. The van der Waals surface area contributed by atoms with E-state index in [2.05, 4.69) is 12.6 Å². The zero-order chi connectivity index (χ0) is 15.4.